The minimum Gasteiger partial charge on any atom is -0.345 e. The van der Waals surface area contributed by atoms with E-state index in [0.29, 0.717) is 24.5 Å². The molecule has 0 bridgehead atoms. The highest BCUT2D eigenvalue weighted by molar-refractivity contribution is 5.94. The molecule has 2 rings (SSSR count). The van der Waals surface area contributed by atoms with E-state index in [2.05, 4.69) is 15.4 Å². The van der Waals surface area contributed by atoms with Crippen molar-refractivity contribution in [2.24, 2.45) is 12.8 Å². The maximum Gasteiger partial charge on any atom is 0.251 e. The van der Waals surface area contributed by atoms with Gasteiger partial charge in [0.25, 0.3) is 5.91 Å². The predicted molar refractivity (Wildman–Crippen MR) is 71.4 cm³/mol. The first-order valence-corrected chi connectivity index (χ1v) is 6.11. The zero-order valence-corrected chi connectivity index (χ0v) is 10.8. The van der Waals surface area contributed by atoms with Gasteiger partial charge in [-0.1, -0.05) is 12.1 Å². The van der Waals surface area contributed by atoms with Crippen LogP contribution in [0.2, 0.25) is 0 Å². The Balaban J connectivity index is 1.92. The molecule has 0 radical (unpaired) electrons. The number of aryl methyl sites for hydroxylation is 1. The maximum atomic E-state index is 11.9. The fraction of sp³-hybridized carbons (Fsp3) is 0.308. The van der Waals surface area contributed by atoms with Crippen molar-refractivity contribution in [3.05, 3.63) is 47.5 Å². The Hall–Kier alpha value is -2.21. The van der Waals surface area contributed by atoms with Crippen LogP contribution in [0.25, 0.3) is 0 Å². The molecule has 1 amide bonds. The quantitative estimate of drug-likeness (QED) is 0.805. The van der Waals surface area contributed by atoms with Gasteiger partial charge >= 0.3 is 0 Å². The van der Waals surface area contributed by atoms with Crippen molar-refractivity contribution in [1.29, 1.82) is 0 Å². The van der Waals surface area contributed by atoms with E-state index in [1.807, 2.05) is 12.1 Å². The first-order chi connectivity index (χ1) is 9.19. The summed E-state index contributed by atoms with van der Waals surface area (Å²) in [6, 6.07) is 7.43. The average Bonchev–Trinajstić information content (AvgIpc) is 2.83. The van der Waals surface area contributed by atoms with Gasteiger partial charge in [-0.05, 0) is 30.7 Å². The highest BCUT2D eigenvalue weighted by Crippen LogP contribution is 2.05. The molecule has 0 saturated carbocycles. The van der Waals surface area contributed by atoms with Gasteiger partial charge in [0.2, 0.25) is 0 Å². The first-order valence-electron chi connectivity index (χ1n) is 6.11. The smallest absolute Gasteiger partial charge is 0.251 e. The zero-order valence-electron chi connectivity index (χ0n) is 10.8. The van der Waals surface area contributed by atoms with Gasteiger partial charge in [-0.3, -0.25) is 9.48 Å². The molecule has 1 aromatic heterocycles. The lowest BCUT2D eigenvalue weighted by molar-refractivity contribution is 0.0950. The van der Waals surface area contributed by atoms with Crippen molar-refractivity contribution in [3.8, 4) is 0 Å². The number of nitrogens with one attached hydrogen (secondary N) is 1. The standard InChI is InChI=1S/C13H17N5O/c1-18-9-16-12(17-18)8-15-13(19)11-4-2-10(3-5-11)6-7-14/h2-5,9H,6-8,14H2,1H3,(H,15,19). The first kappa shape index (κ1) is 13.2. The summed E-state index contributed by atoms with van der Waals surface area (Å²) in [4.78, 5) is 15.9. The van der Waals surface area contributed by atoms with Crippen molar-refractivity contribution in [2.45, 2.75) is 13.0 Å². The lowest BCUT2D eigenvalue weighted by atomic mass is 10.1. The van der Waals surface area contributed by atoms with Crippen LogP contribution in [0.15, 0.2) is 30.6 Å². The number of carbonyl (C=O) groups is 1. The molecule has 19 heavy (non-hydrogen) atoms. The van der Waals surface area contributed by atoms with E-state index >= 15 is 0 Å². The summed E-state index contributed by atoms with van der Waals surface area (Å²) < 4.78 is 1.60. The lowest BCUT2D eigenvalue weighted by Crippen LogP contribution is -2.23. The SMILES string of the molecule is Cn1cnc(CNC(=O)c2ccc(CCN)cc2)n1. The van der Waals surface area contributed by atoms with Gasteiger partial charge in [-0.2, -0.15) is 5.10 Å². The second kappa shape index (κ2) is 6.10. The van der Waals surface area contributed by atoms with Crippen LogP contribution in [-0.2, 0) is 20.0 Å². The van der Waals surface area contributed by atoms with Crippen molar-refractivity contribution < 1.29 is 4.79 Å². The summed E-state index contributed by atoms with van der Waals surface area (Å²) in [6.45, 7) is 0.932. The largest absolute Gasteiger partial charge is 0.345 e. The normalized spacial score (nSPS) is 10.4. The molecular formula is C13H17N5O. The topological polar surface area (TPSA) is 85.8 Å². The van der Waals surface area contributed by atoms with Gasteiger partial charge in [-0.15, -0.1) is 0 Å². The van der Waals surface area contributed by atoms with Gasteiger partial charge in [0.05, 0.1) is 6.54 Å². The molecule has 0 spiro atoms. The molecule has 0 saturated heterocycles. The van der Waals surface area contributed by atoms with Gasteiger partial charge in [0, 0.05) is 12.6 Å². The summed E-state index contributed by atoms with van der Waals surface area (Å²) in [5.74, 6) is 0.461. The molecule has 0 fully saturated rings. The predicted octanol–water partition coefficient (Wildman–Crippen LogP) is 0.246. The molecule has 1 heterocycles. The number of aromatic nitrogens is 3. The van der Waals surface area contributed by atoms with Gasteiger partial charge in [-0.25, -0.2) is 4.98 Å². The van der Waals surface area contributed by atoms with Crippen LogP contribution in [-0.4, -0.2) is 27.2 Å². The van der Waals surface area contributed by atoms with Crippen molar-refractivity contribution in [3.63, 3.8) is 0 Å². The van der Waals surface area contributed by atoms with E-state index in [9.17, 15) is 4.79 Å². The van der Waals surface area contributed by atoms with Gasteiger partial charge in [0.1, 0.15) is 6.33 Å². The molecule has 0 aliphatic rings. The second-order valence-electron chi connectivity index (χ2n) is 4.25. The summed E-state index contributed by atoms with van der Waals surface area (Å²) in [6.07, 6.45) is 2.42. The molecule has 2 aromatic rings. The molecule has 3 N–H and O–H groups in total. The Morgan fingerprint density at radius 2 is 2.11 bits per heavy atom. The third-order valence-electron chi connectivity index (χ3n) is 2.70. The fourth-order valence-electron chi connectivity index (χ4n) is 1.72. The van der Waals surface area contributed by atoms with Gasteiger partial charge in [0.15, 0.2) is 5.82 Å². The number of rotatable bonds is 5. The Morgan fingerprint density at radius 3 is 2.68 bits per heavy atom. The highest BCUT2D eigenvalue weighted by Gasteiger charge is 2.06. The molecule has 0 aliphatic heterocycles. The molecule has 100 valence electrons. The second-order valence-corrected chi connectivity index (χ2v) is 4.25. The number of nitrogens with zero attached hydrogens (tertiary/aromatic N) is 3. The number of hydrogen-bond acceptors (Lipinski definition) is 4. The molecule has 0 atom stereocenters. The summed E-state index contributed by atoms with van der Waals surface area (Å²) in [5, 5.41) is 6.87. The molecular weight excluding hydrogens is 242 g/mol. The van der Waals surface area contributed by atoms with Gasteiger partial charge < -0.3 is 11.1 Å². The number of carbonyl (C=O) groups excluding carboxylic acids is 1. The third-order valence-corrected chi connectivity index (χ3v) is 2.70. The number of amides is 1. The molecule has 1 aromatic carbocycles. The van der Waals surface area contributed by atoms with Crippen LogP contribution in [0.1, 0.15) is 21.7 Å². The van der Waals surface area contributed by atoms with Crippen LogP contribution >= 0.6 is 0 Å². The number of benzene rings is 1. The Labute approximate surface area is 111 Å². The van der Waals surface area contributed by atoms with E-state index in [4.69, 9.17) is 5.73 Å². The van der Waals surface area contributed by atoms with Crippen LogP contribution < -0.4 is 11.1 Å². The monoisotopic (exact) mass is 259 g/mol. The van der Waals surface area contributed by atoms with Crippen LogP contribution in [0.4, 0.5) is 0 Å². The van der Waals surface area contributed by atoms with Crippen molar-refractivity contribution in [1.82, 2.24) is 20.1 Å². The van der Waals surface area contributed by atoms with Crippen molar-refractivity contribution >= 4 is 5.91 Å². The fourth-order valence-corrected chi connectivity index (χ4v) is 1.72. The summed E-state index contributed by atoms with van der Waals surface area (Å²) in [5.41, 5.74) is 7.23. The van der Waals surface area contributed by atoms with Crippen LogP contribution in [0.3, 0.4) is 0 Å². The molecule has 0 aliphatic carbocycles. The Kier molecular flexibility index (Phi) is 4.25. The Morgan fingerprint density at radius 1 is 1.37 bits per heavy atom. The summed E-state index contributed by atoms with van der Waals surface area (Å²) >= 11 is 0. The van der Waals surface area contributed by atoms with E-state index < -0.39 is 0 Å². The highest BCUT2D eigenvalue weighted by atomic mass is 16.1. The molecule has 6 heteroatoms. The molecule has 6 nitrogen and oxygen atoms in total. The zero-order chi connectivity index (χ0) is 13.7. The van der Waals surface area contributed by atoms with Crippen LogP contribution in [0.5, 0.6) is 0 Å². The number of hydrogen-bond donors (Lipinski definition) is 2. The maximum absolute atomic E-state index is 11.9. The summed E-state index contributed by atoms with van der Waals surface area (Å²) in [7, 11) is 1.79. The minimum atomic E-state index is -0.133. The van der Waals surface area contributed by atoms with E-state index in [-0.39, 0.29) is 5.91 Å². The van der Waals surface area contributed by atoms with E-state index in [1.54, 1.807) is 30.2 Å². The van der Waals surface area contributed by atoms with Crippen molar-refractivity contribution in [2.75, 3.05) is 6.54 Å². The van der Waals surface area contributed by atoms with E-state index in [1.165, 1.54) is 0 Å². The lowest BCUT2D eigenvalue weighted by Gasteiger charge is -2.04. The average molecular weight is 259 g/mol. The minimum absolute atomic E-state index is 0.133. The van der Waals surface area contributed by atoms with E-state index in [0.717, 1.165) is 12.0 Å². The third kappa shape index (κ3) is 3.62. The Bertz CT molecular complexity index is 546. The number of nitrogens with two attached hydrogens (primary N) is 1. The van der Waals surface area contributed by atoms with Crippen LogP contribution in [0, 0.1) is 0 Å². The molecule has 0 unspecified atom stereocenters.